The van der Waals surface area contributed by atoms with E-state index in [2.05, 4.69) is 12.2 Å². The van der Waals surface area contributed by atoms with Gasteiger partial charge in [0.1, 0.15) is 17.2 Å². The van der Waals surface area contributed by atoms with Crippen LogP contribution < -0.4 is 5.32 Å². The fourth-order valence-electron chi connectivity index (χ4n) is 1.73. The van der Waals surface area contributed by atoms with Gasteiger partial charge in [-0.1, -0.05) is 38.7 Å². The van der Waals surface area contributed by atoms with E-state index in [-0.39, 0.29) is 0 Å². The van der Waals surface area contributed by atoms with Crippen molar-refractivity contribution in [1.29, 1.82) is 0 Å². The average molecular weight is 255 g/mol. The first-order valence-electron chi connectivity index (χ1n) is 6.39. The van der Waals surface area contributed by atoms with Crippen LogP contribution in [0.25, 0.3) is 0 Å². The summed E-state index contributed by atoms with van der Waals surface area (Å²) in [5.74, 6) is -2.32. The quantitative estimate of drug-likeness (QED) is 0.740. The lowest BCUT2D eigenvalue weighted by atomic mass is 10.1. The van der Waals surface area contributed by atoms with E-state index < -0.39 is 23.1 Å². The number of hydrogen-bond acceptors (Lipinski definition) is 1. The molecule has 18 heavy (non-hydrogen) atoms. The van der Waals surface area contributed by atoms with Crippen LogP contribution in [0.3, 0.4) is 0 Å². The maximum Gasteiger partial charge on any atom is 0.257 e. The molecule has 0 bridgehead atoms. The molecule has 1 aromatic rings. The van der Waals surface area contributed by atoms with Gasteiger partial charge in [0.15, 0.2) is 0 Å². The Bertz CT molecular complexity index is 373. The third-order valence-electron chi connectivity index (χ3n) is 2.76. The average Bonchev–Trinajstić information content (AvgIpc) is 2.33. The largest absolute Gasteiger partial charge is 0.352 e. The highest BCUT2D eigenvalue weighted by atomic mass is 19.1. The molecule has 0 saturated carbocycles. The smallest absolute Gasteiger partial charge is 0.257 e. The van der Waals surface area contributed by atoms with Crippen LogP contribution in [0, 0.1) is 11.6 Å². The minimum Gasteiger partial charge on any atom is -0.352 e. The van der Waals surface area contributed by atoms with Gasteiger partial charge in [0.25, 0.3) is 5.91 Å². The molecular weight excluding hydrogens is 236 g/mol. The molecule has 2 nitrogen and oxygen atoms in total. The van der Waals surface area contributed by atoms with E-state index in [9.17, 15) is 13.6 Å². The molecule has 1 N–H and O–H groups in total. The lowest BCUT2D eigenvalue weighted by Gasteiger charge is -2.06. The monoisotopic (exact) mass is 255 g/mol. The normalized spacial score (nSPS) is 10.4. The van der Waals surface area contributed by atoms with Gasteiger partial charge in [0.2, 0.25) is 0 Å². The van der Waals surface area contributed by atoms with Gasteiger partial charge in [-0.25, -0.2) is 8.78 Å². The second-order valence-electron chi connectivity index (χ2n) is 4.27. The third-order valence-corrected chi connectivity index (χ3v) is 2.76. The minimum absolute atomic E-state index is 0.455. The lowest BCUT2D eigenvalue weighted by Crippen LogP contribution is -2.26. The summed E-state index contributed by atoms with van der Waals surface area (Å²) in [4.78, 5) is 11.6. The fourth-order valence-corrected chi connectivity index (χ4v) is 1.73. The SMILES string of the molecule is CCCCCCCNC(=O)c1c(F)cccc1F. The van der Waals surface area contributed by atoms with Crippen LogP contribution in [0.1, 0.15) is 49.4 Å². The van der Waals surface area contributed by atoms with E-state index in [1.54, 1.807) is 0 Å². The summed E-state index contributed by atoms with van der Waals surface area (Å²) < 4.78 is 26.6. The van der Waals surface area contributed by atoms with E-state index in [4.69, 9.17) is 0 Å². The Morgan fingerprint density at radius 3 is 2.33 bits per heavy atom. The van der Waals surface area contributed by atoms with Gasteiger partial charge in [-0.05, 0) is 18.6 Å². The molecule has 0 saturated heterocycles. The lowest BCUT2D eigenvalue weighted by molar-refractivity contribution is 0.0944. The molecule has 0 unspecified atom stereocenters. The van der Waals surface area contributed by atoms with Gasteiger partial charge < -0.3 is 5.32 Å². The Morgan fingerprint density at radius 2 is 1.72 bits per heavy atom. The maximum absolute atomic E-state index is 13.3. The van der Waals surface area contributed by atoms with Crippen molar-refractivity contribution in [1.82, 2.24) is 5.32 Å². The number of carbonyl (C=O) groups excluding carboxylic acids is 1. The number of hydrogen-bond donors (Lipinski definition) is 1. The van der Waals surface area contributed by atoms with Crippen LogP contribution in [0.4, 0.5) is 8.78 Å². The molecule has 1 amide bonds. The van der Waals surface area contributed by atoms with Crippen LogP contribution in [0.15, 0.2) is 18.2 Å². The summed E-state index contributed by atoms with van der Waals surface area (Å²) in [6.07, 6.45) is 5.32. The molecule has 0 heterocycles. The van der Waals surface area contributed by atoms with E-state index in [0.29, 0.717) is 6.54 Å². The molecule has 0 aliphatic heterocycles. The second kappa shape index (κ2) is 7.80. The molecule has 0 spiro atoms. The highest BCUT2D eigenvalue weighted by Gasteiger charge is 2.15. The zero-order chi connectivity index (χ0) is 13.4. The van der Waals surface area contributed by atoms with Crippen LogP contribution in [0.5, 0.6) is 0 Å². The molecule has 100 valence electrons. The Kier molecular flexibility index (Phi) is 6.33. The second-order valence-corrected chi connectivity index (χ2v) is 4.27. The molecule has 4 heteroatoms. The van der Waals surface area contributed by atoms with Gasteiger partial charge in [-0.15, -0.1) is 0 Å². The number of rotatable bonds is 7. The first-order chi connectivity index (χ1) is 8.66. The minimum atomic E-state index is -0.821. The Hall–Kier alpha value is -1.45. The standard InChI is InChI=1S/C14H19F2NO/c1-2-3-4-5-6-10-17-14(18)13-11(15)8-7-9-12(13)16/h7-9H,2-6,10H2,1H3,(H,17,18). The molecule has 1 rings (SSSR count). The maximum atomic E-state index is 13.3. The van der Waals surface area contributed by atoms with E-state index in [0.717, 1.165) is 37.8 Å². The topological polar surface area (TPSA) is 29.1 Å². The number of unbranched alkanes of at least 4 members (excludes halogenated alkanes) is 4. The van der Waals surface area contributed by atoms with Crippen LogP contribution in [0.2, 0.25) is 0 Å². The molecule has 0 radical (unpaired) electrons. The van der Waals surface area contributed by atoms with Crippen molar-refractivity contribution in [2.45, 2.75) is 39.0 Å². The van der Waals surface area contributed by atoms with Crippen molar-refractivity contribution in [2.24, 2.45) is 0 Å². The van der Waals surface area contributed by atoms with Crippen LogP contribution in [-0.2, 0) is 0 Å². The first kappa shape index (κ1) is 14.6. The highest BCUT2D eigenvalue weighted by molar-refractivity contribution is 5.94. The molecule has 0 aromatic heterocycles. The highest BCUT2D eigenvalue weighted by Crippen LogP contribution is 2.11. The third kappa shape index (κ3) is 4.43. The fraction of sp³-hybridized carbons (Fsp3) is 0.500. The van der Waals surface area contributed by atoms with E-state index >= 15 is 0 Å². The van der Waals surface area contributed by atoms with Gasteiger partial charge in [-0.2, -0.15) is 0 Å². The van der Waals surface area contributed by atoms with Crippen molar-refractivity contribution >= 4 is 5.91 Å². The number of benzene rings is 1. The summed E-state index contributed by atoms with van der Waals surface area (Å²) in [7, 11) is 0. The zero-order valence-corrected chi connectivity index (χ0v) is 10.6. The van der Waals surface area contributed by atoms with Crippen molar-refractivity contribution in [3.05, 3.63) is 35.4 Å². The van der Waals surface area contributed by atoms with Crippen LogP contribution >= 0.6 is 0 Å². The van der Waals surface area contributed by atoms with Crippen molar-refractivity contribution < 1.29 is 13.6 Å². The number of nitrogens with one attached hydrogen (secondary N) is 1. The summed E-state index contributed by atoms with van der Waals surface area (Å²) in [6.45, 7) is 2.58. The number of amides is 1. The van der Waals surface area contributed by atoms with Crippen LogP contribution in [-0.4, -0.2) is 12.5 Å². The van der Waals surface area contributed by atoms with Gasteiger partial charge in [0.05, 0.1) is 0 Å². The molecule has 0 atom stereocenters. The van der Waals surface area contributed by atoms with E-state index in [1.165, 1.54) is 12.5 Å². The molecule has 0 aliphatic carbocycles. The molecule has 0 aliphatic rings. The van der Waals surface area contributed by atoms with Gasteiger partial charge in [0, 0.05) is 6.54 Å². The van der Waals surface area contributed by atoms with Crippen molar-refractivity contribution in [3.63, 3.8) is 0 Å². The van der Waals surface area contributed by atoms with Crippen molar-refractivity contribution in [2.75, 3.05) is 6.54 Å². The molecule has 1 aromatic carbocycles. The molecular formula is C14H19F2NO. The predicted octanol–water partition coefficient (Wildman–Crippen LogP) is 3.67. The number of carbonyl (C=O) groups is 1. The van der Waals surface area contributed by atoms with Gasteiger partial charge >= 0.3 is 0 Å². The first-order valence-corrected chi connectivity index (χ1v) is 6.39. The van der Waals surface area contributed by atoms with Crippen molar-refractivity contribution in [3.8, 4) is 0 Å². The number of halogens is 2. The summed E-state index contributed by atoms with van der Waals surface area (Å²) in [5.41, 5.74) is -0.494. The predicted molar refractivity (Wildman–Crippen MR) is 67.5 cm³/mol. The Morgan fingerprint density at radius 1 is 1.11 bits per heavy atom. The Labute approximate surface area is 106 Å². The summed E-state index contributed by atoms with van der Waals surface area (Å²) in [6, 6.07) is 3.41. The summed E-state index contributed by atoms with van der Waals surface area (Å²) in [5, 5.41) is 2.54. The zero-order valence-electron chi connectivity index (χ0n) is 10.6. The van der Waals surface area contributed by atoms with E-state index in [1.807, 2.05) is 0 Å². The Balaban J connectivity index is 2.37. The van der Waals surface area contributed by atoms with Gasteiger partial charge in [-0.3, -0.25) is 4.79 Å². The molecule has 0 fully saturated rings. The summed E-state index contributed by atoms with van der Waals surface area (Å²) >= 11 is 0.